The zero-order valence-corrected chi connectivity index (χ0v) is 12.9. The smallest absolute Gasteiger partial charge is 0.131 e. The summed E-state index contributed by atoms with van der Waals surface area (Å²) in [4.78, 5) is 2.39. The molecule has 0 aliphatic carbocycles. The number of ether oxygens (including phenoxy) is 1. The minimum absolute atomic E-state index is 0.0822. The zero-order chi connectivity index (χ0) is 14.8. The van der Waals surface area contributed by atoms with Gasteiger partial charge < -0.3 is 10.1 Å². The lowest BCUT2D eigenvalue weighted by atomic mass is 9.91. The molecule has 0 radical (unpaired) electrons. The molecular formula is C16H25FN2O. The minimum Gasteiger partial charge on any atom is -0.497 e. The molecule has 1 heterocycles. The van der Waals surface area contributed by atoms with E-state index in [-0.39, 0.29) is 11.4 Å². The second-order valence-corrected chi connectivity index (χ2v) is 5.97. The van der Waals surface area contributed by atoms with Crippen LogP contribution in [0.25, 0.3) is 0 Å². The van der Waals surface area contributed by atoms with Gasteiger partial charge in [0.1, 0.15) is 11.6 Å². The van der Waals surface area contributed by atoms with E-state index in [0.29, 0.717) is 18.3 Å². The number of methoxy groups -OCH3 is 1. The van der Waals surface area contributed by atoms with Gasteiger partial charge in [-0.25, -0.2) is 4.39 Å². The van der Waals surface area contributed by atoms with Crippen molar-refractivity contribution in [2.45, 2.75) is 45.3 Å². The first-order valence-electron chi connectivity index (χ1n) is 7.29. The van der Waals surface area contributed by atoms with Crippen molar-refractivity contribution in [1.82, 2.24) is 10.2 Å². The van der Waals surface area contributed by atoms with Gasteiger partial charge in [-0.3, -0.25) is 4.90 Å². The lowest BCUT2D eigenvalue weighted by molar-refractivity contribution is 0.0444. The molecule has 0 spiro atoms. The predicted octanol–water partition coefficient (Wildman–Crippen LogP) is 2.80. The number of nitrogens with one attached hydrogen (secondary N) is 1. The molecule has 2 atom stereocenters. The van der Waals surface area contributed by atoms with Crippen LogP contribution in [0.15, 0.2) is 18.2 Å². The molecule has 1 saturated heterocycles. The van der Waals surface area contributed by atoms with Crippen molar-refractivity contribution < 1.29 is 9.13 Å². The number of rotatable bonds is 4. The second-order valence-electron chi connectivity index (χ2n) is 5.97. The van der Waals surface area contributed by atoms with Gasteiger partial charge in [0.25, 0.3) is 0 Å². The van der Waals surface area contributed by atoms with E-state index >= 15 is 0 Å². The average molecular weight is 280 g/mol. The molecule has 1 aliphatic heterocycles. The summed E-state index contributed by atoms with van der Waals surface area (Å²) >= 11 is 0. The fourth-order valence-corrected chi connectivity index (χ4v) is 2.71. The van der Waals surface area contributed by atoms with Gasteiger partial charge in [0.05, 0.1) is 7.11 Å². The number of benzene rings is 1. The Hall–Kier alpha value is -1.13. The van der Waals surface area contributed by atoms with Gasteiger partial charge in [0, 0.05) is 42.8 Å². The number of nitrogens with zero attached hydrogens (tertiary/aromatic N) is 1. The van der Waals surface area contributed by atoms with E-state index in [1.807, 2.05) is 12.1 Å². The largest absolute Gasteiger partial charge is 0.497 e. The minimum atomic E-state index is -0.186. The van der Waals surface area contributed by atoms with E-state index in [2.05, 4.69) is 31.0 Å². The quantitative estimate of drug-likeness (QED) is 0.918. The van der Waals surface area contributed by atoms with Crippen LogP contribution in [0, 0.1) is 5.82 Å². The molecule has 1 aromatic rings. The maximum absolute atomic E-state index is 14.1. The molecule has 4 heteroatoms. The maximum Gasteiger partial charge on any atom is 0.131 e. The van der Waals surface area contributed by atoms with Crippen LogP contribution >= 0.6 is 0 Å². The number of halogens is 1. The molecule has 1 N–H and O–H groups in total. The van der Waals surface area contributed by atoms with Gasteiger partial charge >= 0.3 is 0 Å². The van der Waals surface area contributed by atoms with Crippen molar-refractivity contribution in [2.75, 3.05) is 20.2 Å². The summed E-state index contributed by atoms with van der Waals surface area (Å²) in [7, 11) is 1.56. The Morgan fingerprint density at radius 2 is 2.25 bits per heavy atom. The molecule has 0 bridgehead atoms. The second kappa shape index (κ2) is 6.10. The van der Waals surface area contributed by atoms with E-state index < -0.39 is 0 Å². The lowest BCUT2D eigenvalue weighted by Crippen LogP contribution is -2.61. The van der Waals surface area contributed by atoms with Crippen LogP contribution in [0.1, 0.15) is 32.8 Å². The summed E-state index contributed by atoms with van der Waals surface area (Å²) in [6.45, 7) is 9.14. The van der Waals surface area contributed by atoms with Crippen molar-refractivity contribution in [3.63, 3.8) is 0 Å². The van der Waals surface area contributed by atoms with E-state index in [1.54, 1.807) is 7.11 Å². The third-order valence-corrected chi connectivity index (χ3v) is 4.47. The molecule has 0 saturated carbocycles. The molecule has 3 nitrogen and oxygen atoms in total. The molecule has 112 valence electrons. The number of hydrogen-bond acceptors (Lipinski definition) is 3. The van der Waals surface area contributed by atoms with Crippen LogP contribution in [0.4, 0.5) is 4.39 Å². The maximum atomic E-state index is 14.1. The Bertz CT molecular complexity index is 466. The van der Waals surface area contributed by atoms with Crippen LogP contribution in [-0.2, 0) is 6.54 Å². The topological polar surface area (TPSA) is 24.5 Å². The monoisotopic (exact) mass is 280 g/mol. The Morgan fingerprint density at radius 3 is 2.85 bits per heavy atom. The van der Waals surface area contributed by atoms with E-state index in [1.165, 1.54) is 6.07 Å². The summed E-state index contributed by atoms with van der Waals surface area (Å²) in [5.41, 5.74) is 0.818. The van der Waals surface area contributed by atoms with E-state index in [9.17, 15) is 4.39 Å². The SMILES string of the molecule is CCC1(C)CNC(C)CN1Cc1ccc(OC)cc1F. The molecule has 2 unspecified atom stereocenters. The summed E-state index contributed by atoms with van der Waals surface area (Å²) in [6.07, 6.45) is 1.05. The third-order valence-electron chi connectivity index (χ3n) is 4.47. The first kappa shape index (κ1) is 15.3. The van der Waals surface area contributed by atoms with Gasteiger partial charge in [0.2, 0.25) is 0 Å². The first-order chi connectivity index (χ1) is 9.48. The molecular weight excluding hydrogens is 255 g/mol. The summed E-state index contributed by atoms with van der Waals surface area (Å²) in [5, 5.41) is 3.52. The van der Waals surface area contributed by atoms with Gasteiger partial charge in [-0.05, 0) is 26.3 Å². The van der Waals surface area contributed by atoms with Gasteiger partial charge in [0.15, 0.2) is 0 Å². The third kappa shape index (κ3) is 3.13. The Morgan fingerprint density at radius 1 is 1.50 bits per heavy atom. The van der Waals surface area contributed by atoms with Crippen LogP contribution < -0.4 is 10.1 Å². The molecule has 1 fully saturated rings. The van der Waals surface area contributed by atoms with Crippen molar-refractivity contribution in [3.8, 4) is 5.75 Å². The fourth-order valence-electron chi connectivity index (χ4n) is 2.71. The van der Waals surface area contributed by atoms with Crippen molar-refractivity contribution in [1.29, 1.82) is 0 Å². The van der Waals surface area contributed by atoms with Crippen LogP contribution in [0.2, 0.25) is 0 Å². The summed E-state index contributed by atoms with van der Waals surface area (Å²) in [6, 6.07) is 5.56. The van der Waals surface area contributed by atoms with Crippen LogP contribution in [0.3, 0.4) is 0 Å². The predicted molar refractivity (Wildman–Crippen MR) is 79.5 cm³/mol. The highest BCUT2D eigenvalue weighted by molar-refractivity contribution is 5.29. The summed E-state index contributed by atoms with van der Waals surface area (Å²) < 4.78 is 19.2. The molecule has 1 aliphatic rings. The standard InChI is InChI=1S/C16H25FN2O/c1-5-16(3)11-18-12(2)9-19(16)10-13-6-7-14(20-4)8-15(13)17/h6-8,12,18H,5,9-11H2,1-4H3. The highest BCUT2D eigenvalue weighted by Gasteiger charge is 2.35. The average Bonchev–Trinajstić information content (AvgIpc) is 2.45. The van der Waals surface area contributed by atoms with Crippen LogP contribution in [0.5, 0.6) is 5.75 Å². The zero-order valence-electron chi connectivity index (χ0n) is 12.9. The Balaban J connectivity index is 2.18. The van der Waals surface area contributed by atoms with Gasteiger partial charge in [-0.15, -0.1) is 0 Å². The highest BCUT2D eigenvalue weighted by Crippen LogP contribution is 2.26. The van der Waals surface area contributed by atoms with E-state index in [4.69, 9.17) is 4.74 Å². The fraction of sp³-hybridized carbons (Fsp3) is 0.625. The number of piperazine rings is 1. The van der Waals surface area contributed by atoms with Crippen LogP contribution in [-0.4, -0.2) is 36.7 Å². The van der Waals surface area contributed by atoms with Gasteiger partial charge in [-0.1, -0.05) is 13.0 Å². The Kier molecular flexibility index (Phi) is 4.66. The molecule has 1 aromatic carbocycles. The van der Waals surface area contributed by atoms with E-state index in [0.717, 1.165) is 25.1 Å². The number of hydrogen-bond donors (Lipinski definition) is 1. The van der Waals surface area contributed by atoms with Gasteiger partial charge in [-0.2, -0.15) is 0 Å². The summed E-state index contributed by atoms with van der Waals surface area (Å²) in [5.74, 6) is 0.382. The molecule has 0 aromatic heterocycles. The molecule has 20 heavy (non-hydrogen) atoms. The normalized spacial score (nSPS) is 27.6. The molecule has 2 rings (SSSR count). The first-order valence-corrected chi connectivity index (χ1v) is 7.29. The molecule has 0 amide bonds. The van der Waals surface area contributed by atoms with Crippen molar-refractivity contribution in [3.05, 3.63) is 29.6 Å². The van der Waals surface area contributed by atoms with Crippen molar-refractivity contribution in [2.24, 2.45) is 0 Å². The highest BCUT2D eigenvalue weighted by atomic mass is 19.1. The Labute approximate surface area is 121 Å². The van der Waals surface area contributed by atoms with Crippen molar-refractivity contribution >= 4 is 0 Å². The lowest BCUT2D eigenvalue weighted by Gasteiger charge is -2.47.